The molecule has 1 fully saturated rings. The van der Waals surface area contributed by atoms with Crippen molar-refractivity contribution in [2.24, 2.45) is 0 Å². The zero-order chi connectivity index (χ0) is 24.8. The van der Waals surface area contributed by atoms with Crippen molar-refractivity contribution in [3.63, 3.8) is 0 Å². The van der Waals surface area contributed by atoms with E-state index < -0.39 is 38.3 Å². The van der Waals surface area contributed by atoms with Gasteiger partial charge >= 0.3 is 0 Å². The molecule has 10 nitrogen and oxygen atoms in total. The van der Waals surface area contributed by atoms with Gasteiger partial charge in [-0.1, -0.05) is 6.07 Å². The monoisotopic (exact) mass is 515 g/mol. The highest BCUT2D eigenvalue weighted by Gasteiger charge is 2.26. The molecule has 1 amide bonds. The summed E-state index contributed by atoms with van der Waals surface area (Å²) in [5.74, 6) is -0.804. The number of ether oxygens (including phenoxy) is 2. The molecule has 1 N–H and O–H groups in total. The normalized spacial score (nSPS) is 15.0. The first kappa shape index (κ1) is 25.9. The second-order valence-corrected chi connectivity index (χ2v) is 11.3. The average molecular weight is 516 g/mol. The SMILES string of the molecule is CS(=O)(=O)N(CC(=O)NCCOc1ccc(S(=O)(=O)N2CCOCC2)cc1)c1cccc(F)c1. The number of halogens is 1. The van der Waals surface area contributed by atoms with Crippen LogP contribution in [-0.2, 0) is 29.6 Å². The van der Waals surface area contributed by atoms with Gasteiger partial charge in [0.25, 0.3) is 0 Å². The molecule has 0 aliphatic carbocycles. The summed E-state index contributed by atoms with van der Waals surface area (Å²) >= 11 is 0. The van der Waals surface area contributed by atoms with E-state index in [9.17, 15) is 26.0 Å². The third-order valence-electron chi connectivity index (χ3n) is 4.91. The van der Waals surface area contributed by atoms with Crippen LogP contribution in [0.15, 0.2) is 53.4 Å². The highest BCUT2D eigenvalue weighted by Crippen LogP contribution is 2.21. The number of carbonyl (C=O) groups is 1. The number of morpholine rings is 1. The summed E-state index contributed by atoms with van der Waals surface area (Å²) in [7, 11) is -7.41. The van der Waals surface area contributed by atoms with E-state index in [0.717, 1.165) is 16.6 Å². The van der Waals surface area contributed by atoms with Crippen LogP contribution in [0.1, 0.15) is 0 Å². The number of hydrogen-bond donors (Lipinski definition) is 1. The number of anilines is 1. The summed E-state index contributed by atoms with van der Waals surface area (Å²) in [6.07, 6.45) is 0.928. The van der Waals surface area contributed by atoms with Gasteiger partial charge < -0.3 is 14.8 Å². The molecule has 1 aliphatic rings. The lowest BCUT2D eigenvalue weighted by Crippen LogP contribution is -2.41. The van der Waals surface area contributed by atoms with Gasteiger partial charge in [-0.2, -0.15) is 4.31 Å². The molecule has 0 saturated carbocycles. The molecule has 2 aromatic carbocycles. The van der Waals surface area contributed by atoms with Gasteiger partial charge in [0.05, 0.1) is 36.6 Å². The van der Waals surface area contributed by atoms with E-state index in [1.165, 1.54) is 46.8 Å². The van der Waals surface area contributed by atoms with E-state index in [1.54, 1.807) is 0 Å². The number of hydrogen-bond acceptors (Lipinski definition) is 7. The molecule has 13 heteroatoms. The van der Waals surface area contributed by atoms with Gasteiger partial charge in [-0.05, 0) is 42.5 Å². The molecule has 0 spiro atoms. The Morgan fingerprint density at radius 1 is 1.12 bits per heavy atom. The van der Waals surface area contributed by atoms with Crippen molar-refractivity contribution in [2.45, 2.75) is 4.90 Å². The Morgan fingerprint density at radius 2 is 1.79 bits per heavy atom. The Balaban J connectivity index is 1.49. The number of nitrogens with one attached hydrogen (secondary N) is 1. The lowest BCUT2D eigenvalue weighted by Gasteiger charge is -2.26. The molecule has 1 aliphatic heterocycles. The fourth-order valence-corrected chi connectivity index (χ4v) is 5.48. The molecular weight excluding hydrogens is 489 g/mol. The van der Waals surface area contributed by atoms with Gasteiger partial charge in [0.2, 0.25) is 26.0 Å². The molecule has 0 aromatic heterocycles. The lowest BCUT2D eigenvalue weighted by molar-refractivity contribution is -0.119. The van der Waals surface area contributed by atoms with E-state index in [-0.39, 0.29) is 23.7 Å². The molecule has 34 heavy (non-hydrogen) atoms. The molecular formula is C21H26FN3O7S2. The van der Waals surface area contributed by atoms with Gasteiger partial charge in [-0.3, -0.25) is 9.10 Å². The zero-order valence-electron chi connectivity index (χ0n) is 18.5. The van der Waals surface area contributed by atoms with Crippen molar-refractivity contribution >= 4 is 31.6 Å². The molecule has 0 unspecified atom stereocenters. The van der Waals surface area contributed by atoms with Crippen LogP contribution in [0.4, 0.5) is 10.1 Å². The van der Waals surface area contributed by atoms with E-state index >= 15 is 0 Å². The van der Waals surface area contributed by atoms with Crippen LogP contribution in [0.5, 0.6) is 5.75 Å². The zero-order valence-corrected chi connectivity index (χ0v) is 20.1. The number of benzene rings is 2. The van der Waals surface area contributed by atoms with Crippen LogP contribution in [0.2, 0.25) is 0 Å². The quantitative estimate of drug-likeness (QED) is 0.465. The number of nitrogens with zero attached hydrogens (tertiary/aromatic N) is 2. The summed E-state index contributed by atoms with van der Waals surface area (Å²) in [4.78, 5) is 12.4. The van der Waals surface area contributed by atoms with E-state index in [1.807, 2.05) is 0 Å². The van der Waals surface area contributed by atoms with Crippen LogP contribution >= 0.6 is 0 Å². The molecule has 0 bridgehead atoms. The molecule has 1 saturated heterocycles. The standard InChI is InChI=1S/C21H26FN3O7S2/c1-33(27,28)25(18-4-2-3-17(22)15-18)16-21(26)23-9-12-32-19-5-7-20(8-6-19)34(29,30)24-10-13-31-14-11-24/h2-8,15H,9-14,16H2,1H3,(H,23,26). The predicted molar refractivity (Wildman–Crippen MR) is 123 cm³/mol. The summed E-state index contributed by atoms with van der Waals surface area (Å²) < 4.78 is 75.7. The Labute approximate surface area is 198 Å². The first-order chi connectivity index (χ1) is 16.1. The Bertz CT molecular complexity index is 1200. The van der Waals surface area contributed by atoms with Gasteiger partial charge in [-0.25, -0.2) is 21.2 Å². The van der Waals surface area contributed by atoms with Crippen LogP contribution in [0.25, 0.3) is 0 Å². The van der Waals surface area contributed by atoms with Gasteiger partial charge in [-0.15, -0.1) is 0 Å². The van der Waals surface area contributed by atoms with Crippen LogP contribution < -0.4 is 14.4 Å². The summed E-state index contributed by atoms with van der Waals surface area (Å²) in [5.41, 5.74) is 0.0426. The first-order valence-electron chi connectivity index (χ1n) is 10.4. The van der Waals surface area contributed by atoms with Crippen LogP contribution in [-0.4, -0.2) is 79.3 Å². The molecule has 0 radical (unpaired) electrons. The number of sulfonamides is 2. The fraction of sp³-hybridized carbons (Fsp3) is 0.381. The van der Waals surface area contributed by atoms with Crippen molar-refractivity contribution in [1.29, 1.82) is 0 Å². The van der Waals surface area contributed by atoms with Crippen molar-refractivity contribution in [1.82, 2.24) is 9.62 Å². The second-order valence-electron chi connectivity index (χ2n) is 7.44. The number of amides is 1. The topological polar surface area (TPSA) is 122 Å². The van der Waals surface area contributed by atoms with Crippen molar-refractivity contribution in [3.05, 3.63) is 54.3 Å². The smallest absolute Gasteiger partial charge is 0.243 e. The van der Waals surface area contributed by atoms with Gasteiger partial charge in [0, 0.05) is 13.1 Å². The van der Waals surface area contributed by atoms with Gasteiger partial charge in [0.1, 0.15) is 24.7 Å². The second kappa shape index (κ2) is 11.1. The Hall–Kier alpha value is -2.74. The maximum Gasteiger partial charge on any atom is 0.243 e. The summed E-state index contributed by atoms with van der Waals surface area (Å²) in [6.45, 7) is 0.948. The van der Waals surface area contributed by atoms with Crippen molar-refractivity contribution < 1.29 is 35.5 Å². The molecule has 3 rings (SSSR count). The highest BCUT2D eigenvalue weighted by atomic mass is 32.2. The minimum Gasteiger partial charge on any atom is -0.492 e. The average Bonchev–Trinajstić information content (AvgIpc) is 2.80. The van der Waals surface area contributed by atoms with E-state index in [0.29, 0.717) is 32.1 Å². The summed E-state index contributed by atoms with van der Waals surface area (Å²) in [5, 5.41) is 2.54. The third kappa shape index (κ3) is 6.88. The van der Waals surface area contributed by atoms with Crippen LogP contribution in [0.3, 0.4) is 0 Å². The molecule has 186 valence electrons. The highest BCUT2D eigenvalue weighted by molar-refractivity contribution is 7.92. The molecule has 1 heterocycles. The third-order valence-corrected chi connectivity index (χ3v) is 7.96. The predicted octanol–water partition coefficient (Wildman–Crippen LogP) is 0.808. The maximum atomic E-state index is 13.5. The van der Waals surface area contributed by atoms with Crippen LogP contribution in [0, 0.1) is 5.82 Å². The van der Waals surface area contributed by atoms with E-state index in [2.05, 4.69) is 5.32 Å². The lowest BCUT2D eigenvalue weighted by atomic mass is 10.3. The minimum absolute atomic E-state index is 0.0426. The van der Waals surface area contributed by atoms with Gasteiger partial charge in [0.15, 0.2) is 0 Å². The first-order valence-corrected chi connectivity index (χ1v) is 13.7. The Morgan fingerprint density at radius 3 is 2.41 bits per heavy atom. The molecule has 0 atom stereocenters. The number of rotatable bonds is 10. The van der Waals surface area contributed by atoms with E-state index in [4.69, 9.17) is 9.47 Å². The van der Waals surface area contributed by atoms with Crippen molar-refractivity contribution in [2.75, 3.05) is 56.6 Å². The summed E-state index contributed by atoms with van der Waals surface area (Å²) in [6, 6.07) is 10.9. The fourth-order valence-electron chi connectivity index (χ4n) is 3.22. The number of carbonyl (C=O) groups excluding carboxylic acids is 1. The van der Waals surface area contributed by atoms with Crippen molar-refractivity contribution in [3.8, 4) is 5.75 Å². The minimum atomic E-state index is -3.81. The maximum absolute atomic E-state index is 13.5. The molecule has 2 aromatic rings. The Kier molecular flexibility index (Phi) is 8.47. The largest absolute Gasteiger partial charge is 0.492 e.